The number of aliphatic hydroxyl groups excluding tert-OH is 1. The topological polar surface area (TPSA) is 37.3 Å². The summed E-state index contributed by atoms with van der Waals surface area (Å²) in [5.41, 5.74) is 0. The molecule has 1 unspecified atom stereocenters. The van der Waals surface area contributed by atoms with E-state index in [1.807, 2.05) is 13.8 Å². The van der Waals surface area contributed by atoms with Crippen LogP contribution in [0.2, 0.25) is 0 Å². The number of hydrogen-bond acceptors (Lipinski definition) is 2. The van der Waals surface area contributed by atoms with E-state index in [-0.39, 0.29) is 5.78 Å². The monoisotopic (exact) mass is 156 g/mol. The fourth-order valence-electron chi connectivity index (χ4n) is 0.808. The van der Waals surface area contributed by atoms with E-state index in [0.29, 0.717) is 12.3 Å². The Morgan fingerprint density at radius 1 is 1.55 bits per heavy atom. The van der Waals surface area contributed by atoms with Crippen molar-refractivity contribution in [3.63, 3.8) is 0 Å². The third kappa shape index (κ3) is 7.26. The number of allylic oxidation sites excluding steroid dienone is 1. The van der Waals surface area contributed by atoms with Gasteiger partial charge in [0.2, 0.25) is 0 Å². The van der Waals surface area contributed by atoms with E-state index in [1.165, 1.54) is 13.0 Å². The van der Waals surface area contributed by atoms with Gasteiger partial charge in [-0.25, -0.2) is 0 Å². The van der Waals surface area contributed by atoms with Crippen molar-refractivity contribution >= 4 is 5.78 Å². The van der Waals surface area contributed by atoms with Crippen LogP contribution in [-0.4, -0.2) is 17.0 Å². The molecular weight excluding hydrogens is 140 g/mol. The van der Waals surface area contributed by atoms with Gasteiger partial charge in [-0.3, -0.25) is 4.79 Å². The number of aliphatic hydroxyl groups is 1. The maximum atomic E-state index is 10.4. The molecule has 0 aromatic heterocycles. The highest BCUT2D eigenvalue weighted by Gasteiger charge is 2.01. The van der Waals surface area contributed by atoms with Crippen molar-refractivity contribution in [3.8, 4) is 0 Å². The van der Waals surface area contributed by atoms with Crippen LogP contribution in [-0.2, 0) is 4.79 Å². The lowest BCUT2D eigenvalue weighted by atomic mass is 10.1. The van der Waals surface area contributed by atoms with Crippen LogP contribution in [0.15, 0.2) is 12.2 Å². The molecule has 0 amide bonds. The Balaban J connectivity index is 3.68. The lowest BCUT2D eigenvalue weighted by Gasteiger charge is -2.07. The Bertz CT molecular complexity index is 148. The van der Waals surface area contributed by atoms with E-state index < -0.39 is 6.10 Å². The molecule has 0 rings (SSSR count). The maximum Gasteiger partial charge on any atom is 0.152 e. The fraction of sp³-hybridized carbons (Fsp3) is 0.667. The van der Waals surface area contributed by atoms with Gasteiger partial charge in [-0.05, 0) is 25.3 Å². The lowest BCUT2D eigenvalue weighted by Crippen LogP contribution is -2.06. The second-order valence-electron chi connectivity index (χ2n) is 3.17. The van der Waals surface area contributed by atoms with Gasteiger partial charge in [-0.2, -0.15) is 0 Å². The first-order valence-electron chi connectivity index (χ1n) is 3.89. The van der Waals surface area contributed by atoms with Gasteiger partial charge < -0.3 is 5.11 Å². The Morgan fingerprint density at radius 2 is 2.09 bits per heavy atom. The zero-order chi connectivity index (χ0) is 8.85. The first-order valence-corrected chi connectivity index (χ1v) is 3.89. The number of carbonyl (C=O) groups is 1. The van der Waals surface area contributed by atoms with Crippen LogP contribution < -0.4 is 0 Å². The highest BCUT2D eigenvalue weighted by molar-refractivity contribution is 5.87. The molecule has 1 N–H and O–H groups in total. The summed E-state index contributed by atoms with van der Waals surface area (Å²) < 4.78 is 0. The molecule has 0 aromatic carbocycles. The smallest absolute Gasteiger partial charge is 0.152 e. The van der Waals surface area contributed by atoms with Crippen LogP contribution in [0.4, 0.5) is 0 Å². The Hall–Kier alpha value is -0.630. The molecule has 0 aliphatic heterocycles. The molecule has 1 atom stereocenters. The van der Waals surface area contributed by atoms with Gasteiger partial charge in [0.05, 0.1) is 6.10 Å². The molecule has 0 saturated heterocycles. The standard InChI is InChI=1S/C9H16O2/c1-7(2)6-9(11)5-4-8(3)10/h4-5,7,9,11H,6H2,1-3H3/b5-4+. The van der Waals surface area contributed by atoms with Crippen molar-refractivity contribution in [2.24, 2.45) is 5.92 Å². The van der Waals surface area contributed by atoms with Crippen molar-refractivity contribution in [1.82, 2.24) is 0 Å². The van der Waals surface area contributed by atoms with Gasteiger partial charge in [-0.1, -0.05) is 19.9 Å². The fourth-order valence-corrected chi connectivity index (χ4v) is 0.808. The second kappa shape index (κ2) is 5.08. The summed E-state index contributed by atoms with van der Waals surface area (Å²) >= 11 is 0. The molecule has 0 bridgehead atoms. The van der Waals surface area contributed by atoms with Gasteiger partial charge in [0, 0.05) is 0 Å². The van der Waals surface area contributed by atoms with Gasteiger partial charge in [0.15, 0.2) is 5.78 Å². The van der Waals surface area contributed by atoms with Gasteiger partial charge >= 0.3 is 0 Å². The van der Waals surface area contributed by atoms with E-state index in [1.54, 1.807) is 6.08 Å². The minimum Gasteiger partial charge on any atom is -0.389 e. The molecule has 0 aliphatic carbocycles. The van der Waals surface area contributed by atoms with Crippen LogP contribution >= 0.6 is 0 Å². The minimum atomic E-state index is -0.473. The van der Waals surface area contributed by atoms with E-state index in [2.05, 4.69) is 0 Å². The van der Waals surface area contributed by atoms with Crippen LogP contribution in [0.25, 0.3) is 0 Å². The quantitative estimate of drug-likeness (QED) is 0.627. The summed E-state index contributed by atoms with van der Waals surface area (Å²) in [6.07, 6.45) is 3.19. The predicted octanol–water partition coefficient (Wildman–Crippen LogP) is 1.54. The number of rotatable bonds is 4. The molecule has 0 heterocycles. The van der Waals surface area contributed by atoms with E-state index in [0.717, 1.165) is 0 Å². The van der Waals surface area contributed by atoms with Crippen molar-refractivity contribution < 1.29 is 9.90 Å². The van der Waals surface area contributed by atoms with Crippen LogP contribution in [0, 0.1) is 5.92 Å². The van der Waals surface area contributed by atoms with Crippen LogP contribution in [0.5, 0.6) is 0 Å². The molecule has 0 aliphatic rings. The van der Waals surface area contributed by atoms with E-state index in [9.17, 15) is 9.90 Å². The van der Waals surface area contributed by atoms with Crippen molar-refractivity contribution in [1.29, 1.82) is 0 Å². The van der Waals surface area contributed by atoms with Gasteiger partial charge in [0.25, 0.3) is 0 Å². The van der Waals surface area contributed by atoms with E-state index in [4.69, 9.17) is 0 Å². The van der Waals surface area contributed by atoms with Crippen LogP contribution in [0.1, 0.15) is 27.2 Å². The van der Waals surface area contributed by atoms with Crippen LogP contribution in [0.3, 0.4) is 0 Å². The summed E-state index contributed by atoms with van der Waals surface area (Å²) in [5.74, 6) is 0.439. The van der Waals surface area contributed by atoms with Crippen molar-refractivity contribution in [2.45, 2.75) is 33.3 Å². The molecule has 64 valence electrons. The third-order valence-corrected chi connectivity index (χ3v) is 1.27. The number of carbonyl (C=O) groups excluding carboxylic acids is 1. The molecule has 2 heteroatoms. The average Bonchev–Trinajstić information content (AvgIpc) is 1.82. The van der Waals surface area contributed by atoms with Gasteiger partial charge in [0.1, 0.15) is 0 Å². The first kappa shape index (κ1) is 10.4. The predicted molar refractivity (Wildman–Crippen MR) is 45.3 cm³/mol. The molecule has 0 aromatic rings. The Kier molecular flexibility index (Phi) is 4.79. The van der Waals surface area contributed by atoms with Crippen molar-refractivity contribution in [2.75, 3.05) is 0 Å². The normalized spacial score (nSPS) is 14.3. The Morgan fingerprint density at radius 3 is 2.45 bits per heavy atom. The first-order chi connectivity index (χ1) is 5.02. The third-order valence-electron chi connectivity index (χ3n) is 1.27. The molecule has 0 fully saturated rings. The molecule has 11 heavy (non-hydrogen) atoms. The molecular formula is C9H16O2. The summed E-state index contributed by atoms with van der Waals surface area (Å²) in [7, 11) is 0. The highest BCUT2D eigenvalue weighted by atomic mass is 16.3. The summed E-state index contributed by atoms with van der Waals surface area (Å²) in [4.78, 5) is 10.4. The molecule has 2 nitrogen and oxygen atoms in total. The number of ketones is 1. The zero-order valence-corrected chi connectivity index (χ0v) is 7.37. The van der Waals surface area contributed by atoms with Gasteiger partial charge in [-0.15, -0.1) is 0 Å². The zero-order valence-electron chi connectivity index (χ0n) is 7.37. The minimum absolute atomic E-state index is 0.0205. The highest BCUT2D eigenvalue weighted by Crippen LogP contribution is 2.04. The second-order valence-corrected chi connectivity index (χ2v) is 3.17. The average molecular weight is 156 g/mol. The largest absolute Gasteiger partial charge is 0.389 e. The van der Waals surface area contributed by atoms with Crippen molar-refractivity contribution in [3.05, 3.63) is 12.2 Å². The summed E-state index contributed by atoms with van der Waals surface area (Å²) in [6.45, 7) is 5.54. The lowest BCUT2D eigenvalue weighted by molar-refractivity contribution is -0.112. The maximum absolute atomic E-state index is 10.4. The summed E-state index contributed by atoms with van der Waals surface area (Å²) in [5, 5.41) is 9.23. The van der Waals surface area contributed by atoms with E-state index >= 15 is 0 Å². The molecule has 0 spiro atoms. The molecule has 0 radical (unpaired) electrons. The SMILES string of the molecule is CC(=O)/C=C/C(O)CC(C)C. The summed E-state index contributed by atoms with van der Waals surface area (Å²) in [6, 6.07) is 0. The Labute approximate surface area is 67.9 Å². The number of hydrogen-bond donors (Lipinski definition) is 1. The molecule has 0 saturated carbocycles.